The molecule has 0 saturated carbocycles. The summed E-state index contributed by atoms with van der Waals surface area (Å²) in [4.78, 5) is 25.8. The van der Waals surface area contributed by atoms with E-state index in [2.05, 4.69) is 20.3 Å². The van der Waals surface area contributed by atoms with E-state index in [4.69, 9.17) is 4.74 Å². The quantitative estimate of drug-likeness (QED) is 0.188. The Morgan fingerprint density at radius 3 is 1.80 bits per heavy atom. The number of imidazole rings is 1. The molecule has 3 heterocycles. The minimum atomic E-state index is -1.48. The SMILES string of the molecule is O=C(Nc1ncnc2c1ncn2[C@@H]1O[C@H](C(O)C(c2ccccc2)(c2ccccc2)c2ccccc2)[C@@H](O)[C@H]1O)c1ccccc1. The molecule has 0 bridgehead atoms. The molecule has 2 aromatic heterocycles. The number of hydrogen-bond acceptors (Lipinski definition) is 8. The number of hydrogen-bond donors (Lipinski definition) is 4. The second-order valence-electron chi connectivity index (χ2n) is 11.2. The minimum absolute atomic E-state index is 0.179. The van der Waals surface area contributed by atoms with Crippen LogP contribution in [0.15, 0.2) is 134 Å². The van der Waals surface area contributed by atoms with Gasteiger partial charge in [0.25, 0.3) is 5.91 Å². The number of nitrogens with zero attached hydrogens (tertiary/aromatic N) is 4. The van der Waals surface area contributed by atoms with Crippen LogP contribution in [-0.4, -0.2) is 65.2 Å². The van der Waals surface area contributed by atoms with E-state index in [1.165, 1.54) is 17.2 Å². The molecule has 4 aromatic carbocycles. The molecule has 46 heavy (non-hydrogen) atoms. The molecule has 1 aliphatic rings. The maximum absolute atomic E-state index is 12.8. The van der Waals surface area contributed by atoms with Crippen molar-refractivity contribution in [3.63, 3.8) is 0 Å². The minimum Gasteiger partial charge on any atom is -0.389 e. The number of ether oxygens (including phenoxy) is 1. The summed E-state index contributed by atoms with van der Waals surface area (Å²) in [6, 6.07) is 37.4. The van der Waals surface area contributed by atoms with Crippen molar-refractivity contribution in [3.05, 3.63) is 156 Å². The average Bonchev–Trinajstić information content (AvgIpc) is 3.67. The molecule has 4 N–H and O–H groups in total. The third-order valence-corrected chi connectivity index (χ3v) is 8.62. The lowest BCUT2D eigenvalue weighted by molar-refractivity contribution is -0.0972. The zero-order valence-electron chi connectivity index (χ0n) is 24.5. The third kappa shape index (κ3) is 4.93. The Balaban J connectivity index is 1.28. The summed E-state index contributed by atoms with van der Waals surface area (Å²) in [6.45, 7) is 0. The molecule has 0 radical (unpaired) electrons. The second kappa shape index (κ2) is 12.3. The smallest absolute Gasteiger partial charge is 0.256 e. The number of fused-ring (bicyclic) bond motifs is 1. The predicted molar refractivity (Wildman–Crippen MR) is 171 cm³/mol. The number of nitrogens with one attached hydrogen (secondary N) is 1. The second-order valence-corrected chi connectivity index (χ2v) is 11.2. The first-order valence-corrected chi connectivity index (χ1v) is 14.9. The van der Waals surface area contributed by atoms with Crippen molar-refractivity contribution >= 4 is 22.9 Å². The first kappa shape index (κ1) is 29.5. The number of aliphatic hydroxyl groups is 3. The van der Waals surface area contributed by atoms with Gasteiger partial charge in [-0.2, -0.15) is 0 Å². The normalized spacial score (nSPS) is 20.4. The van der Waals surface area contributed by atoms with E-state index < -0.39 is 36.1 Å². The Hall–Kier alpha value is -5.26. The maximum Gasteiger partial charge on any atom is 0.256 e. The van der Waals surface area contributed by atoms with Crippen molar-refractivity contribution in [3.8, 4) is 0 Å². The lowest BCUT2D eigenvalue weighted by Gasteiger charge is -2.42. The number of carbonyl (C=O) groups is 1. The van der Waals surface area contributed by atoms with Crippen LogP contribution in [0.1, 0.15) is 33.3 Å². The fourth-order valence-corrected chi connectivity index (χ4v) is 6.44. The van der Waals surface area contributed by atoms with Crippen LogP contribution in [0, 0.1) is 0 Å². The van der Waals surface area contributed by atoms with E-state index in [1.807, 2.05) is 97.1 Å². The van der Waals surface area contributed by atoms with Crippen LogP contribution < -0.4 is 5.32 Å². The fourth-order valence-electron chi connectivity index (χ4n) is 6.44. The van der Waals surface area contributed by atoms with Gasteiger partial charge in [-0.25, -0.2) is 15.0 Å². The number of aliphatic hydroxyl groups excluding tert-OH is 3. The molecule has 6 aromatic rings. The molecule has 1 amide bonds. The summed E-state index contributed by atoms with van der Waals surface area (Å²) in [6.07, 6.45) is -4.01. The Labute approximate surface area is 264 Å². The fraction of sp³-hybridized carbons (Fsp3) is 0.167. The zero-order chi connectivity index (χ0) is 31.7. The standard InChI is InChI=1S/C36H31N5O5/c42-28-29(43)35(41-22-39-27-32(37-21-38-33(27)41)40-34(45)23-13-5-1-6-14-23)46-30(28)31(44)36(24-15-7-2-8-16-24,25-17-9-3-10-18-25)26-19-11-4-12-20-26/h1-22,28-31,35,42-44H,(H,37,38,40,45)/t28-,29+,30-,31?,35+/m0/s1. The maximum atomic E-state index is 12.8. The van der Waals surface area contributed by atoms with Gasteiger partial charge in [0.15, 0.2) is 23.2 Å². The molecular weight excluding hydrogens is 582 g/mol. The van der Waals surface area contributed by atoms with Gasteiger partial charge in [-0.3, -0.25) is 9.36 Å². The molecule has 0 spiro atoms. The zero-order valence-corrected chi connectivity index (χ0v) is 24.5. The molecule has 1 unspecified atom stereocenters. The first-order valence-electron chi connectivity index (χ1n) is 14.9. The van der Waals surface area contributed by atoms with Crippen LogP contribution in [0.2, 0.25) is 0 Å². The highest BCUT2D eigenvalue weighted by molar-refractivity contribution is 6.06. The molecule has 7 rings (SSSR count). The molecule has 1 aliphatic heterocycles. The largest absolute Gasteiger partial charge is 0.389 e. The van der Waals surface area contributed by atoms with Crippen LogP contribution >= 0.6 is 0 Å². The van der Waals surface area contributed by atoms with Crippen LogP contribution in [0.5, 0.6) is 0 Å². The van der Waals surface area contributed by atoms with Crippen molar-refractivity contribution in [2.45, 2.75) is 36.1 Å². The van der Waals surface area contributed by atoms with Gasteiger partial charge in [0.05, 0.1) is 11.7 Å². The lowest BCUT2D eigenvalue weighted by atomic mass is 9.64. The van der Waals surface area contributed by atoms with E-state index in [0.717, 1.165) is 16.7 Å². The topological polar surface area (TPSA) is 143 Å². The number of carbonyl (C=O) groups excluding carboxylic acids is 1. The van der Waals surface area contributed by atoms with Gasteiger partial charge in [-0.05, 0) is 28.8 Å². The molecule has 1 fully saturated rings. The summed E-state index contributed by atoms with van der Waals surface area (Å²) in [5.41, 5.74) is 2.16. The molecule has 10 heteroatoms. The monoisotopic (exact) mass is 613 g/mol. The van der Waals surface area contributed by atoms with Gasteiger partial charge in [0.1, 0.15) is 30.7 Å². The Morgan fingerprint density at radius 2 is 1.26 bits per heavy atom. The first-order chi connectivity index (χ1) is 22.5. The van der Waals surface area contributed by atoms with E-state index in [9.17, 15) is 20.1 Å². The number of anilines is 1. The molecular formula is C36H31N5O5. The van der Waals surface area contributed by atoms with Crippen LogP contribution in [0.4, 0.5) is 5.82 Å². The molecule has 230 valence electrons. The number of aromatic nitrogens is 4. The van der Waals surface area contributed by atoms with Gasteiger partial charge in [-0.1, -0.05) is 109 Å². The van der Waals surface area contributed by atoms with Crippen molar-refractivity contribution in [2.24, 2.45) is 0 Å². The van der Waals surface area contributed by atoms with Crippen molar-refractivity contribution in [1.82, 2.24) is 19.5 Å². The highest BCUT2D eigenvalue weighted by Gasteiger charge is 2.55. The van der Waals surface area contributed by atoms with E-state index >= 15 is 0 Å². The van der Waals surface area contributed by atoms with Gasteiger partial charge >= 0.3 is 0 Å². The number of rotatable bonds is 8. The van der Waals surface area contributed by atoms with Gasteiger partial charge in [0.2, 0.25) is 0 Å². The van der Waals surface area contributed by atoms with Crippen molar-refractivity contribution < 1.29 is 24.9 Å². The number of amides is 1. The van der Waals surface area contributed by atoms with Crippen molar-refractivity contribution in [1.29, 1.82) is 0 Å². The molecule has 0 aliphatic carbocycles. The summed E-state index contributed by atoms with van der Waals surface area (Å²) in [5.74, 6) is -0.191. The predicted octanol–water partition coefficient (Wildman–Crippen LogP) is 4.09. The van der Waals surface area contributed by atoms with Crippen LogP contribution in [0.25, 0.3) is 11.2 Å². The van der Waals surface area contributed by atoms with Gasteiger partial charge < -0.3 is 25.4 Å². The van der Waals surface area contributed by atoms with Crippen LogP contribution in [-0.2, 0) is 10.2 Å². The van der Waals surface area contributed by atoms with Crippen LogP contribution in [0.3, 0.4) is 0 Å². The summed E-state index contributed by atoms with van der Waals surface area (Å²) < 4.78 is 7.86. The molecule has 1 saturated heterocycles. The Bertz CT molecular complexity index is 1840. The van der Waals surface area contributed by atoms with E-state index in [1.54, 1.807) is 24.3 Å². The number of benzene rings is 4. The Morgan fingerprint density at radius 1 is 0.739 bits per heavy atom. The third-order valence-electron chi connectivity index (χ3n) is 8.62. The lowest BCUT2D eigenvalue weighted by Crippen LogP contribution is -2.52. The average molecular weight is 614 g/mol. The highest BCUT2D eigenvalue weighted by atomic mass is 16.6. The van der Waals surface area contributed by atoms with Gasteiger partial charge in [0, 0.05) is 5.56 Å². The Kier molecular flexibility index (Phi) is 7.85. The van der Waals surface area contributed by atoms with Gasteiger partial charge in [-0.15, -0.1) is 0 Å². The van der Waals surface area contributed by atoms with E-state index in [0.29, 0.717) is 5.56 Å². The van der Waals surface area contributed by atoms with Crippen molar-refractivity contribution in [2.75, 3.05) is 5.32 Å². The summed E-state index contributed by atoms with van der Waals surface area (Å²) in [5, 5.41) is 38.2. The summed E-state index contributed by atoms with van der Waals surface area (Å²) >= 11 is 0. The summed E-state index contributed by atoms with van der Waals surface area (Å²) in [7, 11) is 0. The molecule has 5 atom stereocenters. The highest BCUT2D eigenvalue weighted by Crippen LogP contribution is 2.47. The van der Waals surface area contributed by atoms with E-state index in [-0.39, 0.29) is 22.9 Å². The molecule has 10 nitrogen and oxygen atoms in total.